The summed E-state index contributed by atoms with van der Waals surface area (Å²) in [5.41, 5.74) is 26.0. The summed E-state index contributed by atoms with van der Waals surface area (Å²) in [4.78, 5) is 51.1. The van der Waals surface area contributed by atoms with E-state index in [1.807, 2.05) is 0 Å². The number of aromatic hydroxyl groups is 1. The van der Waals surface area contributed by atoms with Crippen LogP contribution < -0.4 is 22.9 Å². The molecule has 0 saturated carbocycles. The highest BCUT2D eigenvalue weighted by atomic mass is 16.3. The van der Waals surface area contributed by atoms with E-state index >= 15 is 0 Å². The zero-order valence-electron chi connectivity index (χ0n) is 22.7. The number of nitrogens with two attached hydrogens (primary N) is 4. The zero-order valence-corrected chi connectivity index (χ0v) is 22.7. The van der Waals surface area contributed by atoms with Crippen LogP contribution in [0.2, 0.25) is 0 Å². The van der Waals surface area contributed by atoms with Gasteiger partial charge in [0.25, 0.3) is 5.91 Å². The van der Waals surface area contributed by atoms with Gasteiger partial charge in [-0.05, 0) is 65.7 Å². The largest absolute Gasteiger partial charge is 0.506 e. The molecule has 0 saturated heterocycles. The standard InChI is InChI=1S/C34H26N4O5/c35-24-13-9-22(10-14-24)30(39)20-5-1-18(2-6-20)26-17-27(33(37)42)28(29(32(26)41)34(38)43)19-3-7-21(8-4-19)31(40)23-11-15-25(36)16-12-23/h1-17,41H,35-36H2,(H2,37,42)(H2,38,43). The number of anilines is 2. The summed E-state index contributed by atoms with van der Waals surface area (Å²) in [7, 11) is 0. The molecule has 0 aromatic heterocycles. The van der Waals surface area contributed by atoms with E-state index in [2.05, 4.69) is 0 Å². The highest BCUT2D eigenvalue weighted by Crippen LogP contribution is 2.41. The molecule has 0 atom stereocenters. The minimum Gasteiger partial charge on any atom is -0.506 e. The van der Waals surface area contributed by atoms with Gasteiger partial charge in [0.05, 0.1) is 5.56 Å². The van der Waals surface area contributed by atoms with Crippen molar-refractivity contribution in [3.8, 4) is 28.0 Å². The molecule has 0 unspecified atom stereocenters. The molecule has 9 heteroatoms. The van der Waals surface area contributed by atoms with Crippen molar-refractivity contribution in [3.05, 3.63) is 137 Å². The first-order valence-corrected chi connectivity index (χ1v) is 13.1. The number of nitrogen functional groups attached to an aromatic ring is 2. The lowest BCUT2D eigenvalue weighted by atomic mass is 9.87. The van der Waals surface area contributed by atoms with Gasteiger partial charge in [0.15, 0.2) is 11.6 Å². The van der Waals surface area contributed by atoms with E-state index in [1.165, 1.54) is 30.3 Å². The lowest BCUT2D eigenvalue weighted by molar-refractivity contribution is 0.0995. The van der Waals surface area contributed by atoms with Gasteiger partial charge in [0.2, 0.25) is 5.91 Å². The molecule has 5 aromatic rings. The van der Waals surface area contributed by atoms with Gasteiger partial charge in [0.1, 0.15) is 5.75 Å². The van der Waals surface area contributed by atoms with Crippen LogP contribution in [0.15, 0.2) is 103 Å². The molecule has 43 heavy (non-hydrogen) atoms. The third kappa shape index (κ3) is 5.55. The summed E-state index contributed by atoms with van der Waals surface area (Å²) in [6.07, 6.45) is 0. The highest BCUT2D eigenvalue weighted by molar-refractivity contribution is 6.13. The molecule has 0 aliphatic heterocycles. The SMILES string of the molecule is NC(=O)c1cc(-c2ccc(C(=O)c3ccc(N)cc3)cc2)c(O)c(C(N)=O)c1-c1ccc(C(=O)c2ccc(N)cc2)cc1. The molecule has 5 aromatic carbocycles. The third-order valence-electron chi connectivity index (χ3n) is 7.05. The fourth-order valence-electron chi connectivity index (χ4n) is 4.82. The summed E-state index contributed by atoms with van der Waals surface area (Å²) in [6.45, 7) is 0. The van der Waals surface area contributed by atoms with Gasteiger partial charge >= 0.3 is 0 Å². The number of ketones is 2. The van der Waals surface area contributed by atoms with E-state index in [0.717, 1.165) is 0 Å². The van der Waals surface area contributed by atoms with Gasteiger partial charge < -0.3 is 28.0 Å². The normalized spacial score (nSPS) is 10.7. The number of primary amides is 2. The molecule has 0 aliphatic rings. The summed E-state index contributed by atoms with van der Waals surface area (Å²) in [5, 5.41) is 11.3. The Bertz CT molecular complexity index is 1900. The molecule has 0 radical (unpaired) electrons. The molecule has 9 N–H and O–H groups in total. The smallest absolute Gasteiger partial charge is 0.253 e. The number of carbonyl (C=O) groups excluding carboxylic acids is 4. The minimum absolute atomic E-state index is 0.0304. The monoisotopic (exact) mass is 570 g/mol. The van der Waals surface area contributed by atoms with E-state index < -0.39 is 17.6 Å². The lowest BCUT2D eigenvalue weighted by Crippen LogP contribution is -2.19. The summed E-state index contributed by atoms with van der Waals surface area (Å²) < 4.78 is 0. The van der Waals surface area contributed by atoms with Gasteiger partial charge in [-0.2, -0.15) is 0 Å². The average Bonchev–Trinajstić information content (AvgIpc) is 3.00. The van der Waals surface area contributed by atoms with Gasteiger partial charge in [0, 0.05) is 50.3 Å². The average molecular weight is 571 g/mol. The number of phenols is 1. The Morgan fingerprint density at radius 3 is 1.26 bits per heavy atom. The zero-order chi connectivity index (χ0) is 30.8. The van der Waals surface area contributed by atoms with Crippen LogP contribution in [0.5, 0.6) is 5.75 Å². The molecule has 0 fully saturated rings. The first kappa shape index (κ1) is 28.3. The quantitative estimate of drug-likeness (QED) is 0.133. The lowest BCUT2D eigenvalue weighted by Gasteiger charge is -2.17. The van der Waals surface area contributed by atoms with Crippen molar-refractivity contribution >= 4 is 34.8 Å². The maximum atomic E-state index is 12.9. The van der Waals surface area contributed by atoms with Crippen LogP contribution in [-0.2, 0) is 0 Å². The molecular formula is C34H26N4O5. The number of hydrogen-bond donors (Lipinski definition) is 5. The van der Waals surface area contributed by atoms with Crippen LogP contribution in [-0.4, -0.2) is 28.5 Å². The molecule has 0 spiro atoms. The Labute approximate surface area is 246 Å². The molecule has 0 bridgehead atoms. The second kappa shape index (κ2) is 11.3. The molecule has 9 nitrogen and oxygen atoms in total. The van der Waals surface area contributed by atoms with E-state index in [0.29, 0.717) is 44.8 Å². The third-order valence-corrected chi connectivity index (χ3v) is 7.05. The number of benzene rings is 5. The van der Waals surface area contributed by atoms with Crippen molar-refractivity contribution < 1.29 is 24.3 Å². The van der Waals surface area contributed by atoms with E-state index in [1.54, 1.807) is 72.8 Å². The van der Waals surface area contributed by atoms with E-state index in [-0.39, 0.29) is 33.8 Å². The molecule has 5 rings (SSSR count). The maximum absolute atomic E-state index is 12.9. The van der Waals surface area contributed by atoms with Gasteiger partial charge in [-0.15, -0.1) is 0 Å². The van der Waals surface area contributed by atoms with Crippen molar-refractivity contribution in [1.82, 2.24) is 0 Å². The fraction of sp³-hybridized carbons (Fsp3) is 0. The van der Waals surface area contributed by atoms with Crippen molar-refractivity contribution in [2.45, 2.75) is 0 Å². The topological polar surface area (TPSA) is 193 Å². The maximum Gasteiger partial charge on any atom is 0.253 e. The van der Waals surface area contributed by atoms with Gasteiger partial charge in [-0.25, -0.2) is 0 Å². The predicted molar refractivity (Wildman–Crippen MR) is 165 cm³/mol. The number of rotatable bonds is 8. The second-order valence-corrected chi connectivity index (χ2v) is 9.86. The second-order valence-electron chi connectivity index (χ2n) is 9.86. The van der Waals surface area contributed by atoms with Crippen molar-refractivity contribution in [1.29, 1.82) is 0 Å². The Balaban J connectivity index is 1.55. The Kier molecular flexibility index (Phi) is 7.47. The summed E-state index contributed by atoms with van der Waals surface area (Å²) >= 11 is 0. The fourth-order valence-corrected chi connectivity index (χ4v) is 4.82. The van der Waals surface area contributed by atoms with Crippen LogP contribution in [0.4, 0.5) is 11.4 Å². The van der Waals surface area contributed by atoms with Crippen molar-refractivity contribution in [2.24, 2.45) is 11.5 Å². The molecule has 2 amide bonds. The van der Waals surface area contributed by atoms with Crippen LogP contribution >= 0.6 is 0 Å². The Morgan fingerprint density at radius 1 is 0.512 bits per heavy atom. The molecule has 0 aliphatic carbocycles. The summed E-state index contributed by atoms with van der Waals surface area (Å²) in [6, 6.07) is 26.7. The van der Waals surface area contributed by atoms with E-state index in [4.69, 9.17) is 22.9 Å². The molecular weight excluding hydrogens is 544 g/mol. The molecule has 212 valence electrons. The van der Waals surface area contributed by atoms with Crippen LogP contribution in [0.1, 0.15) is 52.6 Å². The predicted octanol–water partition coefficient (Wildman–Crippen LogP) is 4.55. The molecule has 0 heterocycles. The first-order valence-electron chi connectivity index (χ1n) is 13.1. The minimum atomic E-state index is -0.992. The Hall–Kier alpha value is -6.22. The number of amides is 2. The number of hydrogen-bond acceptors (Lipinski definition) is 7. The van der Waals surface area contributed by atoms with E-state index in [9.17, 15) is 24.3 Å². The van der Waals surface area contributed by atoms with Crippen molar-refractivity contribution in [2.75, 3.05) is 11.5 Å². The Morgan fingerprint density at radius 2 is 0.884 bits per heavy atom. The first-order chi connectivity index (χ1) is 20.5. The number of carbonyl (C=O) groups is 4. The van der Waals surface area contributed by atoms with Gasteiger partial charge in [-0.1, -0.05) is 48.5 Å². The van der Waals surface area contributed by atoms with Crippen LogP contribution in [0.25, 0.3) is 22.3 Å². The highest BCUT2D eigenvalue weighted by Gasteiger charge is 2.26. The van der Waals surface area contributed by atoms with Gasteiger partial charge in [-0.3, -0.25) is 19.2 Å². The summed E-state index contributed by atoms with van der Waals surface area (Å²) in [5.74, 6) is -2.81. The van der Waals surface area contributed by atoms with Crippen molar-refractivity contribution in [3.63, 3.8) is 0 Å². The van der Waals surface area contributed by atoms with Crippen LogP contribution in [0, 0.1) is 0 Å². The van der Waals surface area contributed by atoms with Crippen LogP contribution in [0.3, 0.4) is 0 Å².